The second kappa shape index (κ2) is 6.67. The third-order valence-electron chi connectivity index (χ3n) is 4.28. The molecular weight excluding hydrogens is 352 g/mol. The van der Waals surface area contributed by atoms with E-state index < -0.39 is 0 Å². The summed E-state index contributed by atoms with van der Waals surface area (Å²) in [7, 11) is 0. The topological polar surface area (TPSA) is 32.3 Å². The van der Waals surface area contributed by atoms with Crippen molar-refractivity contribution in [3.8, 4) is 0 Å². The lowest BCUT2D eigenvalue weighted by molar-refractivity contribution is 0.0705. The van der Waals surface area contributed by atoms with E-state index in [0.29, 0.717) is 16.6 Å². The highest BCUT2D eigenvalue weighted by atomic mass is 79.9. The molecule has 1 aromatic carbocycles. The zero-order valence-electron chi connectivity index (χ0n) is 11.9. The van der Waals surface area contributed by atoms with Gasteiger partial charge in [0, 0.05) is 34.2 Å². The molecule has 3 nitrogen and oxygen atoms in total. The lowest BCUT2D eigenvalue weighted by Crippen LogP contribution is -2.45. The van der Waals surface area contributed by atoms with Crippen molar-refractivity contribution in [3.63, 3.8) is 0 Å². The van der Waals surface area contributed by atoms with Crippen LogP contribution in [-0.4, -0.2) is 36.5 Å². The van der Waals surface area contributed by atoms with Gasteiger partial charge in [0.2, 0.25) is 0 Å². The van der Waals surface area contributed by atoms with Crippen molar-refractivity contribution in [1.82, 2.24) is 10.2 Å². The van der Waals surface area contributed by atoms with Crippen LogP contribution in [0, 0.1) is 5.92 Å². The van der Waals surface area contributed by atoms with E-state index >= 15 is 0 Å². The molecule has 1 aliphatic carbocycles. The number of carbonyl (C=O) groups is 1. The van der Waals surface area contributed by atoms with E-state index in [-0.39, 0.29) is 5.91 Å². The Bertz CT molecular complexity index is 505. The first-order valence-corrected chi connectivity index (χ1v) is 8.77. The average Bonchev–Trinajstić information content (AvgIpc) is 3.28. The molecule has 2 aliphatic rings. The second-order valence-electron chi connectivity index (χ2n) is 6.08. The van der Waals surface area contributed by atoms with E-state index in [9.17, 15) is 4.79 Å². The molecule has 0 unspecified atom stereocenters. The van der Waals surface area contributed by atoms with Gasteiger partial charge in [-0.1, -0.05) is 27.5 Å². The maximum atomic E-state index is 12.5. The van der Waals surface area contributed by atoms with Crippen molar-refractivity contribution in [2.75, 3.05) is 19.6 Å². The summed E-state index contributed by atoms with van der Waals surface area (Å²) in [6.45, 7) is 2.80. The molecule has 3 rings (SSSR count). The molecule has 21 heavy (non-hydrogen) atoms. The third-order valence-corrected chi connectivity index (χ3v) is 4.96. The lowest BCUT2D eigenvalue weighted by Gasteiger charge is -2.32. The van der Waals surface area contributed by atoms with Gasteiger partial charge in [0.1, 0.15) is 0 Å². The van der Waals surface area contributed by atoms with Crippen LogP contribution in [0.25, 0.3) is 0 Å². The average molecular weight is 372 g/mol. The molecule has 1 aliphatic heterocycles. The zero-order chi connectivity index (χ0) is 14.8. The van der Waals surface area contributed by atoms with Crippen LogP contribution >= 0.6 is 27.5 Å². The monoisotopic (exact) mass is 370 g/mol. The van der Waals surface area contributed by atoms with Gasteiger partial charge in [0.25, 0.3) is 5.91 Å². The van der Waals surface area contributed by atoms with Crippen molar-refractivity contribution >= 4 is 33.4 Å². The molecule has 1 saturated carbocycles. The van der Waals surface area contributed by atoms with Gasteiger partial charge >= 0.3 is 0 Å². The zero-order valence-corrected chi connectivity index (χ0v) is 14.3. The predicted molar refractivity (Wildman–Crippen MR) is 88.8 cm³/mol. The van der Waals surface area contributed by atoms with Crippen LogP contribution in [0.2, 0.25) is 5.02 Å². The Morgan fingerprint density at radius 2 is 1.95 bits per heavy atom. The second-order valence-corrected chi connectivity index (χ2v) is 7.43. The smallest absolute Gasteiger partial charge is 0.253 e. The number of carbonyl (C=O) groups excluding carboxylic acids is 1. The Morgan fingerprint density at radius 3 is 2.57 bits per heavy atom. The van der Waals surface area contributed by atoms with Crippen LogP contribution < -0.4 is 5.32 Å². The summed E-state index contributed by atoms with van der Waals surface area (Å²) in [6.07, 6.45) is 4.85. The van der Waals surface area contributed by atoms with Gasteiger partial charge in [0.05, 0.1) is 0 Å². The van der Waals surface area contributed by atoms with Crippen LogP contribution in [0.3, 0.4) is 0 Å². The first-order valence-electron chi connectivity index (χ1n) is 7.60. The number of hydrogen-bond acceptors (Lipinski definition) is 2. The van der Waals surface area contributed by atoms with E-state index in [1.165, 1.54) is 12.8 Å². The maximum Gasteiger partial charge on any atom is 0.253 e. The molecule has 0 aromatic heterocycles. The number of likely N-dealkylation sites (tertiary alicyclic amines) is 1. The first kappa shape index (κ1) is 15.3. The minimum Gasteiger partial charge on any atom is -0.339 e. The first-order chi connectivity index (χ1) is 10.1. The van der Waals surface area contributed by atoms with Crippen LogP contribution in [0.1, 0.15) is 36.0 Å². The number of hydrogen-bond donors (Lipinski definition) is 1. The summed E-state index contributed by atoms with van der Waals surface area (Å²) in [6, 6.07) is 5.95. The number of rotatable bonds is 4. The van der Waals surface area contributed by atoms with Gasteiger partial charge in [-0.25, -0.2) is 0 Å². The van der Waals surface area contributed by atoms with Crippen LogP contribution in [0.4, 0.5) is 0 Å². The molecule has 0 radical (unpaired) electrons. The number of nitrogens with zero attached hydrogens (tertiary/aromatic N) is 1. The molecule has 0 atom stereocenters. The summed E-state index contributed by atoms with van der Waals surface area (Å²) >= 11 is 9.41. The van der Waals surface area contributed by atoms with Crippen molar-refractivity contribution in [2.45, 2.75) is 31.7 Å². The summed E-state index contributed by atoms with van der Waals surface area (Å²) in [5.74, 6) is 0.993. The predicted octanol–water partition coefficient (Wildman–Crippen LogP) is 3.71. The van der Waals surface area contributed by atoms with Gasteiger partial charge < -0.3 is 10.2 Å². The molecule has 0 bridgehead atoms. The maximum absolute atomic E-state index is 12.5. The van der Waals surface area contributed by atoms with E-state index in [1.807, 2.05) is 11.0 Å². The van der Waals surface area contributed by atoms with Crippen molar-refractivity contribution in [2.24, 2.45) is 5.92 Å². The highest BCUT2D eigenvalue weighted by Crippen LogP contribution is 2.28. The summed E-state index contributed by atoms with van der Waals surface area (Å²) in [5, 5.41) is 4.23. The minimum atomic E-state index is 0.0823. The van der Waals surface area contributed by atoms with Gasteiger partial charge in [-0.3, -0.25) is 4.79 Å². The Morgan fingerprint density at radius 1 is 1.24 bits per heavy atom. The fourth-order valence-corrected chi connectivity index (χ4v) is 3.66. The molecule has 1 aromatic rings. The van der Waals surface area contributed by atoms with Gasteiger partial charge in [-0.2, -0.15) is 0 Å². The van der Waals surface area contributed by atoms with Crippen molar-refractivity contribution in [1.29, 1.82) is 0 Å². The van der Waals surface area contributed by atoms with E-state index in [2.05, 4.69) is 21.2 Å². The largest absolute Gasteiger partial charge is 0.339 e. The van der Waals surface area contributed by atoms with Crippen LogP contribution in [0.15, 0.2) is 22.7 Å². The van der Waals surface area contributed by atoms with Crippen molar-refractivity contribution < 1.29 is 4.79 Å². The fraction of sp³-hybridized carbons (Fsp3) is 0.562. The molecule has 2 fully saturated rings. The highest BCUT2D eigenvalue weighted by Gasteiger charge is 2.26. The molecular formula is C16H20BrClN2O. The Hall–Kier alpha value is -0.580. The SMILES string of the molecule is O=C(c1cc(Cl)cc(Br)c1)N1CCC(NCC2CC2)CC1. The fourth-order valence-electron chi connectivity index (χ4n) is 2.80. The summed E-state index contributed by atoms with van der Waals surface area (Å²) in [5.41, 5.74) is 0.666. The quantitative estimate of drug-likeness (QED) is 0.875. The standard InChI is InChI=1S/C16H20BrClN2O/c17-13-7-12(8-14(18)9-13)16(21)20-5-3-15(4-6-20)19-10-11-1-2-11/h7-9,11,15,19H,1-6,10H2. The van der Waals surface area contributed by atoms with E-state index in [4.69, 9.17) is 11.6 Å². The minimum absolute atomic E-state index is 0.0823. The summed E-state index contributed by atoms with van der Waals surface area (Å²) in [4.78, 5) is 14.5. The van der Waals surface area contributed by atoms with Crippen LogP contribution in [0.5, 0.6) is 0 Å². The van der Waals surface area contributed by atoms with E-state index in [0.717, 1.165) is 42.9 Å². The molecule has 1 saturated heterocycles. The number of halogens is 2. The van der Waals surface area contributed by atoms with Gasteiger partial charge in [-0.15, -0.1) is 0 Å². The van der Waals surface area contributed by atoms with Gasteiger partial charge in [-0.05, 0) is 56.3 Å². The molecule has 1 heterocycles. The molecule has 114 valence electrons. The number of amides is 1. The Labute approximate surface area is 139 Å². The Kier molecular flexibility index (Phi) is 4.87. The number of piperidine rings is 1. The third kappa shape index (κ3) is 4.21. The van der Waals surface area contributed by atoms with Crippen molar-refractivity contribution in [3.05, 3.63) is 33.3 Å². The molecule has 5 heteroatoms. The summed E-state index contributed by atoms with van der Waals surface area (Å²) < 4.78 is 0.847. The van der Waals surface area contributed by atoms with E-state index in [1.54, 1.807) is 12.1 Å². The molecule has 0 spiro atoms. The molecule has 1 amide bonds. The highest BCUT2D eigenvalue weighted by molar-refractivity contribution is 9.10. The number of nitrogens with one attached hydrogen (secondary N) is 1. The van der Waals surface area contributed by atoms with Crippen LogP contribution in [-0.2, 0) is 0 Å². The molecule has 1 N–H and O–H groups in total. The number of benzene rings is 1. The van der Waals surface area contributed by atoms with Gasteiger partial charge in [0.15, 0.2) is 0 Å². The Balaban J connectivity index is 1.54. The lowest BCUT2D eigenvalue weighted by atomic mass is 10.0. The normalized spacial score (nSPS) is 19.8.